The molecule has 0 amide bonds. The molecule has 1 rings (SSSR count). The van der Waals surface area contributed by atoms with Gasteiger partial charge in [-0.1, -0.05) is 32.4 Å². The highest BCUT2D eigenvalue weighted by Crippen LogP contribution is 2.27. The molecule has 0 aromatic carbocycles. The van der Waals surface area contributed by atoms with Gasteiger partial charge in [0.25, 0.3) is 0 Å². The van der Waals surface area contributed by atoms with Crippen LogP contribution in [0.25, 0.3) is 0 Å². The molecule has 0 radical (unpaired) electrons. The molecule has 104 valence electrons. The molecule has 18 heavy (non-hydrogen) atoms. The van der Waals surface area contributed by atoms with Crippen molar-refractivity contribution in [3.63, 3.8) is 0 Å². The van der Waals surface area contributed by atoms with Gasteiger partial charge < -0.3 is 10.4 Å². The number of aliphatic carboxylic acids is 1. The second kappa shape index (κ2) is 6.93. The number of carboxylic acids is 1. The molecule has 3 unspecified atom stereocenters. The number of hydrogen-bond acceptors (Lipinski definition) is 2. The molecule has 1 aliphatic carbocycles. The molecule has 3 nitrogen and oxygen atoms in total. The molecule has 3 atom stereocenters. The highest BCUT2D eigenvalue weighted by atomic mass is 16.4. The quantitative estimate of drug-likeness (QED) is 0.715. The summed E-state index contributed by atoms with van der Waals surface area (Å²) in [4.78, 5) is 11.2. The summed E-state index contributed by atoms with van der Waals surface area (Å²) in [5.41, 5.74) is 1.44. The van der Waals surface area contributed by atoms with E-state index in [4.69, 9.17) is 0 Å². The molecule has 0 aromatic rings. The van der Waals surface area contributed by atoms with E-state index < -0.39 is 12.0 Å². The van der Waals surface area contributed by atoms with E-state index in [1.165, 1.54) is 12.0 Å². The van der Waals surface area contributed by atoms with Crippen molar-refractivity contribution in [3.8, 4) is 0 Å². The molecule has 0 fully saturated rings. The third-order valence-corrected chi connectivity index (χ3v) is 3.54. The van der Waals surface area contributed by atoms with Gasteiger partial charge in [-0.25, -0.2) is 0 Å². The van der Waals surface area contributed by atoms with Crippen molar-refractivity contribution in [1.29, 1.82) is 0 Å². The molecule has 0 spiro atoms. The third kappa shape index (κ3) is 5.21. The second-order valence-electron chi connectivity index (χ2n) is 6.22. The van der Waals surface area contributed by atoms with Crippen molar-refractivity contribution in [2.24, 2.45) is 17.8 Å². The van der Waals surface area contributed by atoms with Gasteiger partial charge in [-0.05, 0) is 50.5 Å². The summed E-state index contributed by atoms with van der Waals surface area (Å²) in [5, 5.41) is 12.4. The van der Waals surface area contributed by atoms with E-state index in [9.17, 15) is 9.90 Å². The van der Waals surface area contributed by atoms with Crippen LogP contribution in [0.15, 0.2) is 11.6 Å². The Bertz CT molecular complexity index is 310. The lowest BCUT2D eigenvalue weighted by atomic mass is 9.83. The minimum atomic E-state index is -0.722. The first-order valence-corrected chi connectivity index (χ1v) is 7.02. The molecule has 0 saturated carbocycles. The molecule has 1 aliphatic rings. The lowest BCUT2D eigenvalue weighted by molar-refractivity contribution is -0.140. The molecule has 0 saturated heterocycles. The van der Waals surface area contributed by atoms with Crippen LogP contribution in [0.1, 0.15) is 47.0 Å². The first kappa shape index (κ1) is 15.2. The van der Waals surface area contributed by atoms with Crippen LogP contribution < -0.4 is 5.32 Å². The molecular weight excluding hydrogens is 226 g/mol. The Kier molecular flexibility index (Phi) is 5.86. The van der Waals surface area contributed by atoms with Crippen LogP contribution in [0.5, 0.6) is 0 Å². The monoisotopic (exact) mass is 253 g/mol. The topological polar surface area (TPSA) is 49.3 Å². The van der Waals surface area contributed by atoms with Crippen LogP contribution in [-0.2, 0) is 4.79 Å². The van der Waals surface area contributed by atoms with Gasteiger partial charge in [0.2, 0.25) is 0 Å². The van der Waals surface area contributed by atoms with Gasteiger partial charge in [0, 0.05) is 0 Å². The average Bonchev–Trinajstić information content (AvgIpc) is 2.21. The Morgan fingerprint density at radius 3 is 2.72 bits per heavy atom. The number of rotatable bonds is 6. The van der Waals surface area contributed by atoms with E-state index in [1.807, 2.05) is 0 Å². The highest BCUT2D eigenvalue weighted by Gasteiger charge is 2.22. The minimum absolute atomic E-state index is 0.397. The lowest BCUT2D eigenvalue weighted by Crippen LogP contribution is -2.41. The summed E-state index contributed by atoms with van der Waals surface area (Å²) < 4.78 is 0. The van der Waals surface area contributed by atoms with Crippen molar-refractivity contribution in [2.75, 3.05) is 6.54 Å². The second-order valence-corrected chi connectivity index (χ2v) is 6.22. The predicted octanol–water partition coefficient (Wildman–Crippen LogP) is 3.07. The minimum Gasteiger partial charge on any atom is -0.480 e. The van der Waals surface area contributed by atoms with Crippen molar-refractivity contribution in [1.82, 2.24) is 5.32 Å². The van der Waals surface area contributed by atoms with E-state index in [2.05, 4.69) is 39.1 Å². The van der Waals surface area contributed by atoms with Crippen LogP contribution >= 0.6 is 0 Å². The summed E-state index contributed by atoms with van der Waals surface area (Å²) in [6, 6.07) is -0.397. The van der Waals surface area contributed by atoms with Crippen molar-refractivity contribution < 1.29 is 9.90 Å². The fourth-order valence-corrected chi connectivity index (χ4v) is 2.89. The van der Waals surface area contributed by atoms with Gasteiger partial charge in [-0.2, -0.15) is 0 Å². The van der Waals surface area contributed by atoms with E-state index in [0.717, 1.165) is 13.0 Å². The van der Waals surface area contributed by atoms with Gasteiger partial charge in [0.1, 0.15) is 6.04 Å². The molecule has 0 heterocycles. The average molecular weight is 253 g/mol. The predicted molar refractivity (Wildman–Crippen MR) is 74.5 cm³/mol. The number of carboxylic acid groups (broad SMARTS) is 1. The van der Waals surface area contributed by atoms with E-state index in [-0.39, 0.29) is 0 Å². The van der Waals surface area contributed by atoms with Crippen molar-refractivity contribution in [2.45, 2.75) is 53.0 Å². The Balaban J connectivity index is 2.43. The Hall–Kier alpha value is -0.830. The van der Waals surface area contributed by atoms with Gasteiger partial charge in [0.15, 0.2) is 0 Å². The van der Waals surface area contributed by atoms with E-state index >= 15 is 0 Å². The molecule has 0 aromatic heterocycles. The third-order valence-electron chi connectivity index (χ3n) is 3.54. The maximum Gasteiger partial charge on any atom is 0.320 e. The fraction of sp³-hybridized carbons (Fsp3) is 0.800. The first-order valence-electron chi connectivity index (χ1n) is 7.02. The maximum absolute atomic E-state index is 11.2. The number of hydrogen-bond donors (Lipinski definition) is 2. The van der Waals surface area contributed by atoms with Crippen molar-refractivity contribution >= 4 is 5.97 Å². The zero-order valence-corrected chi connectivity index (χ0v) is 12.1. The van der Waals surface area contributed by atoms with E-state index in [0.29, 0.717) is 24.2 Å². The normalized spacial score (nSPS) is 25.9. The molecule has 2 N–H and O–H groups in total. The standard InChI is InChI=1S/C15H27NO2/c1-10(2)5-14(15(17)18)16-9-13-7-11(3)6-12(4)8-13/h6,10-11,13-14,16H,5,7-9H2,1-4H3,(H,17,18). The molecular formula is C15H27NO2. The van der Waals surface area contributed by atoms with E-state index in [1.54, 1.807) is 0 Å². The summed E-state index contributed by atoms with van der Waals surface area (Å²) in [7, 11) is 0. The number of nitrogens with one attached hydrogen (secondary N) is 1. The number of carbonyl (C=O) groups is 1. The molecule has 0 aliphatic heterocycles. The van der Waals surface area contributed by atoms with Crippen LogP contribution in [0.3, 0.4) is 0 Å². The SMILES string of the molecule is CC1=CC(C)CC(CNC(CC(C)C)C(=O)O)C1. The first-order chi connectivity index (χ1) is 8.38. The molecule has 3 heteroatoms. The summed E-state index contributed by atoms with van der Waals surface area (Å²) >= 11 is 0. The zero-order valence-electron chi connectivity index (χ0n) is 12.1. The van der Waals surface area contributed by atoms with Gasteiger partial charge in [0.05, 0.1) is 0 Å². The van der Waals surface area contributed by atoms with Crippen molar-refractivity contribution in [3.05, 3.63) is 11.6 Å². The summed E-state index contributed by atoms with van der Waals surface area (Å²) in [6.07, 6.45) is 5.30. The Labute approximate surface area is 111 Å². The van der Waals surface area contributed by atoms with Gasteiger partial charge >= 0.3 is 5.97 Å². The van der Waals surface area contributed by atoms with Crippen LogP contribution in [0, 0.1) is 17.8 Å². The zero-order chi connectivity index (χ0) is 13.7. The van der Waals surface area contributed by atoms with Gasteiger partial charge in [-0.15, -0.1) is 0 Å². The maximum atomic E-state index is 11.2. The van der Waals surface area contributed by atoms with Crippen LogP contribution in [-0.4, -0.2) is 23.7 Å². The lowest BCUT2D eigenvalue weighted by Gasteiger charge is -2.27. The van der Waals surface area contributed by atoms with Crippen LogP contribution in [0.2, 0.25) is 0 Å². The Morgan fingerprint density at radius 1 is 1.56 bits per heavy atom. The number of allylic oxidation sites excluding steroid dienone is 2. The summed E-state index contributed by atoms with van der Waals surface area (Å²) in [6.45, 7) is 9.35. The van der Waals surface area contributed by atoms with Crippen LogP contribution in [0.4, 0.5) is 0 Å². The highest BCUT2D eigenvalue weighted by molar-refractivity contribution is 5.73. The largest absolute Gasteiger partial charge is 0.480 e. The fourth-order valence-electron chi connectivity index (χ4n) is 2.89. The smallest absolute Gasteiger partial charge is 0.320 e. The Morgan fingerprint density at radius 2 is 2.22 bits per heavy atom. The molecule has 0 bridgehead atoms. The summed E-state index contributed by atoms with van der Waals surface area (Å²) in [5.74, 6) is 0.892. The van der Waals surface area contributed by atoms with Gasteiger partial charge in [-0.3, -0.25) is 4.79 Å².